The highest BCUT2D eigenvalue weighted by Gasteiger charge is 2.49. The summed E-state index contributed by atoms with van der Waals surface area (Å²) in [6, 6.07) is 206. The number of fused-ring (bicyclic) bond motifs is 18. The normalized spacial score (nSPS) is 14.0. The number of anilines is 6. The van der Waals surface area contributed by atoms with Crippen LogP contribution in [0.25, 0.3) is 165 Å². The summed E-state index contributed by atoms with van der Waals surface area (Å²) in [4.78, 5) is 4.97. The lowest BCUT2D eigenvalue weighted by molar-refractivity contribution is 0.768. The van der Waals surface area contributed by atoms with Crippen LogP contribution in [0.5, 0.6) is 0 Å². The van der Waals surface area contributed by atoms with Crippen molar-refractivity contribution in [1.29, 1.82) is 0 Å². The van der Waals surface area contributed by atoms with Gasteiger partial charge in [-0.25, -0.2) is 0 Å². The van der Waals surface area contributed by atoms with Crippen molar-refractivity contribution in [3.8, 4) is 78.1 Å². The molecule has 28 rings (SSSR count). The Morgan fingerprint density at radius 3 is 0.887 bits per heavy atom. The largest absolute Gasteiger partial charge is 0.310 e. The van der Waals surface area contributed by atoms with E-state index in [9.17, 15) is 0 Å². The average molecular weight is 1810 g/mol. The molecule has 142 heavy (non-hydrogen) atoms. The van der Waals surface area contributed by atoms with Gasteiger partial charge in [0.2, 0.25) is 0 Å². The maximum Gasteiger partial charge on any atom is 0.0714 e. The molecule has 0 N–H and O–H groups in total. The zero-order valence-corrected chi connectivity index (χ0v) is 77.9. The SMILES string of the molecule is c1ccc(-c2ccc(-n3c4cc(N(c5ccc6c(c5)C(c5ccccc5)(c5ccc(-c7ccccc7)cc5)c5ccccc5-6)c5ccc6ccccc6c5)ccc4c4ccc5ccccc5c43)cc2)cc1.c1ccc(-c2ccc(-n3c4cc(N(c5ccc6c(c5)C(c5ccccc5)(c5ccc(-c7ccccc7)cc5)c5ccccc5-6)c5cccc6ccccc56)ccc4c4ccc5ccccc5c43)cc2)cc1. The van der Waals surface area contributed by atoms with Gasteiger partial charge in [0, 0.05) is 77.5 Å². The Hall–Kier alpha value is -18.5. The van der Waals surface area contributed by atoms with Crippen LogP contribution in [0.2, 0.25) is 0 Å². The van der Waals surface area contributed by atoms with E-state index < -0.39 is 10.8 Å². The molecule has 26 aromatic rings. The molecular weight excluding hydrogens is 1710 g/mol. The Morgan fingerprint density at radius 2 is 0.444 bits per heavy atom. The van der Waals surface area contributed by atoms with Crippen molar-refractivity contribution in [3.05, 3.63) is 603 Å². The lowest BCUT2D eigenvalue weighted by Gasteiger charge is -2.35. The molecule has 2 aliphatic rings. The summed E-state index contributed by atoms with van der Waals surface area (Å²) >= 11 is 0. The number of hydrogen-bond acceptors (Lipinski definition) is 2. The van der Waals surface area contributed by atoms with E-state index in [0.29, 0.717) is 0 Å². The minimum Gasteiger partial charge on any atom is -0.310 e. The third kappa shape index (κ3) is 13.6. The van der Waals surface area contributed by atoms with Crippen LogP contribution in [0.3, 0.4) is 0 Å². The Balaban J connectivity index is 0.000000142. The van der Waals surface area contributed by atoms with Gasteiger partial charge in [0.1, 0.15) is 0 Å². The summed E-state index contributed by atoms with van der Waals surface area (Å²) in [5.74, 6) is 0. The van der Waals surface area contributed by atoms with E-state index in [-0.39, 0.29) is 0 Å². The number of aromatic nitrogens is 2. The summed E-state index contributed by atoms with van der Waals surface area (Å²) < 4.78 is 4.98. The van der Waals surface area contributed by atoms with E-state index in [4.69, 9.17) is 0 Å². The van der Waals surface area contributed by atoms with Crippen LogP contribution in [0.15, 0.2) is 558 Å². The van der Waals surface area contributed by atoms with E-state index in [0.717, 1.165) is 56.5 Å². The molecule has 2 aliphatic carbocycles. The van der Waals surface area contributed by atoms with E-state index in [1.807, 2.05) is 0 Å². The van der Waals surface area contributed by atoms with Crippen molar-refractivity contribution in [2.24, 2.45) is 0 Å². The molecule has 0 spiro atoms. The molecule has 2 heterocycles. The van der Waals surface area contributed by atoms with Crippen LogP contribution in [0.1, 0.15) is 44.5 Å². The molecule has 2 aromatic heterocycles. The fourth-order valence-corrected chi connectivity index (χ4v) is 23.7. The van der Waals surface area contributed by atoms with Crippen LogP contribution in [-0.2, 0) is 10.8 Å². The molecule has 0 amide bonds. The van der Waals surface area contributed by atoms with E-state index >= 15 is 0 Å². The summed E-state index contributed by atoms with van der Waals surface area (Å²) in [7, 11) is 0. The topological polar surface area (TPSA) is 16.3 Å². The highest BCUT2D eigenvalue weighted by molar-refractivity contribution is 6.21. The maximum atomic E-state index is 2.50. The highest BCUT2D eigenvalue weighted by Crippen LogP contribution is 2.61. The molecule has 0 saturated heterocycles. The Labute approximate surface area is 825 Å². The number of nitrogens with zero attached hydrogens (tertiary/aromatic N) is 4. The molecule has 4 heteroatoms. The summed E-state index contributed by atoms with van der Waals surface area (Å²) in [5.41, 5.74) is 37.1. The van der Waals surface area contributed by atoms with Crippen LogP contribution < -0.4 is 9.80 Å². The first-order valence-corrected chi connectivity index (χ1v) is 49.2. The van der Waals surface area contributed by atoms with Gasteiger partial charge < -0.3 is 18.9 Å². The smallest absolute Gasteiger partial charge is 0.0714 e. The van der Waals surface area contributed by atoms with Crippen molar-refractivity contribution in [3.63, 3.8) is 0 Å². The van der Waals surface area contributed by atoms with E-state index in [1.54, 1.807) is 0 Å². The van der Waals surface area contributed by atoms with Gasteiger partial charge in [-0.3, -0.25) is 0 Å². The Morgan fingerprint density at radius 1 is 0.155 bits per heavy atom. The molecule has 2 atom stereocenters. The Kier molecular flexibility index (Phi) is 20.1. The monoisotopic (exact) mass is 1800 g/mol. The molecule has 24 aromatic carbocycles. The highest BCUT2D eigenvalue weighted by atomic mass is 15.2. The third-order valence-electron chi connectivity index (χ3n) is 30.1. The average Bonchev–Trinajstić information content (AvgIpc) is 1.54. The van der Waals surface area contributed by atoms with Crippen molar-refractivity contribution in [1.82, 2.24) is 9.13 Å². The Bertz CT molecular complexity index is 9350. The second kappa shape index (κ2) is 34.3. The van der Waals surface area contributed by atoms with Crippen molar-refractivity contribution in [2.45, 2.75) is 10.8 Å². The predicted molar refractivity (Wildman–Crippen MR) is 597 cm³/mol. The van der Waals surface area contributed by atoms with Crippen LogP contribution >= 0.6 is 0 Å². The van der Waals surface area contributed by atoms with Crippen molar-refractivity contribution < 1.29 is 0 Å². The fourth-order valence-electron chi connectivity index (χ4n) is 23.7. The minimum atomic E-state index is -0.591. The van der Waals surface area contributed by atoms with Gasteiger partial charge in [0.25, 0.3) is 0 Å². The zero-order valence-electron chi connectivity index (χ0n) is 77.9. The van der Waals surface area contributed by atoms with E-state index in [1.165, 1.54) is 187 Å². The van der Waals surface area contributed by atoms with Gasteiger partial charge in [-0.05, 0) is 229 Å². The minimum absolute atomic E-state index is 0.586. The first-order chi connectivity index (χ1) is 70.4. The summed E-state index contributed by atoms with van der Waals surface area (Å²) in [6.07, 6.45) is 0. The van der Waals surface area contributed by atoms with Crippen molar-refractivity contribution in [2.75, 3.05) is 9.80 Å². The quantitative estimate of drug-likeness (QED) is 0.0959. The molecule has 0 radical (unpaired) electrons. The molecule has 0 saturated carbocycles. The van der Waals surface area contributed by atoms with Gasteiger partial charge in [0.15, 0.2) is 0 Å². The second-order valence-electron chi connectivity index (χ2n) is 37.6. The van der Waals surface area contributed by atoms with Gasteiger partial charge in [-0.2, -0.15) is 0 Å². The summed E-state index contributed by atoms with van der Waals surface area (Å²) in [6.45, 7) is 0. The van der Waals surface area contributed by atoms with Gasteiger partial charge >= 0.3 is 0 Å². The molecule has 0 aliphatic heterocycles. The summed E-state index contributed by atoms with van der Waals surface area (Å²) in [5, 5.41) is 14.6. The first-order valence-electron chi connectivity index (χ1n) is 49.2. The second-order valence-corrected chi connectivity index (χ2v) is 37.6. The molecule has 4 nitrogen and oxygen atoms in total. The molecule has 2 unspecified atom stereocenters. The van der Waals surface area contributed by atoms with Gasteiger partial charge in [0.05, 0.1) is 38.6 Å². The van der Waals surface area contributed by atoms with Gasteiger partial charge in [-0.1, -0.05) is 467 Å². The fraction of sp³-hybridized carbons (Fsp3) is 0.0145. The number of rotatable bonds is 16. The van der Waals surface area contributed by atoms with Crippen LogP contribution in [0.4, 0.5) is 34.1 Å². The standard InChI is InChI=1S/2C69H46N2/c1-4-17-47(18-5-1)49-31-36-54(37-32-49)69(53-24-8-3-9-25-53)64-29-15-14-28-60(64)61-43-40-56(45-65(61)69)70(66-30-16-23-51-21-10-12-26-58(51)66)57-41-44-62-63-42-35-52-22-11-13-27-59(52)68(63)71(67(62)46-57)55-38-33-50(34-39-55)48-19-6-2-7-20-48;1-4-16-47(17-5-1)50-28-34-55(35-29-50)69(54-23-8-3-9-24-54)65-27-15-14-26-61(65)62-42-39-58(45-66(62)69)70(57-38-32-49-20-10-11-22-53(49)44-57)59-40-43-63-64-41-33-52-21-12-13-25-60(52)68(64)71(67(63)46-59)56-36-30-51(31-37-56)48-18-6-2-7-19-48/h2*1-46H. The van der Waals surface area contributed by atoms with Gasteiger partial charge in [-0.15, -0.1) is 0 Å². The maximum absolute atomic E-state index is 2.50. The lowest BCUT2D eigenvalue weighted by atomic mass is 9.67. The lowest BCUT2D eigenvalue weighted by Crippen LogP contribution is -2.28. The van der Waals surface area contributed by atoms with Crippen molar-refractivity contribution >= 4 is 121 Å². The molecule has 664 valence electrons. The molecule has 0 fully saturated rings. The first kappa shape index (κ1) is 82.9. The van der Waals surface area contributed by atoms with Crippen LogP contribution in [-0.4, -0.2) is 9.13 Å². The molecule has 0 bridgehead atoms. The zero-order chi connectivity index (χ0) is 93.8. The number of benzene rings is 24. The predicted octanol–water partition coefficient (Wildman–Crippen LogP) is 36.5. The molecular formula is C138H92N4. The number of hydrogen-bond donors (Lipinski definition) is 0. The third-order valence-corrected chi connectivity index (χ3v) is 30.1. The van der Waals surface area contributed by atoms with Crippen LogP contribution in [0, 0.1) is 0 Å². The van der Waals surface area contributed by atoms with E-state index in [2.05, 4.69) is 577 Å².